The summed E-state index contributed by atoms with van der Waals surface area (Å²) < 4.78 is 0. The SMILES string of the molecule is Clc1ccc(-c2cc(Cl)c3ccc(Cl)cc3n2)cc1. The fraction of sp³-hybridized carbons (Fsp3) is 0. The van der Waals surface area contributed by atoms with Gasteiger partial charge in [0.2, 0.25) is 0 Å². The van der Waals surface area contributed by atoms with E-state index in [1.165, 1.54) is 0 Å². The van der Waals surface area contributed by atoms with Crippen LogP contribution in [0.4, 0.5) is 0 Å². The van der Waals surface area contributed by atoms with Crippen molar-refractivity contribution in [3.63, 3.8) is 0 Å². The topological polar surface area (TPSA) is 12.9 Å². The van der Waals surface area contributed by atoms with Crippen molar-refractivity contribution in [2.75, 3.05) is 0 Å². The van der Waals surface area contributed by atoms with Gasteiger partial charge in [0, 0.05) is 21.0 Å². The molecule has 0 aliphatic heterocycles. The maximum absolute atomic E-state index is 6.29. The van der Waals surface area contributed by atoms with Crippen molar-refractivity contribution in [2.45, 2.75) is 0 Å². The van der Waals surface area contributed by atoms with Crippen LogP contribution < -0.4 is 0 Å². The average Bonchev–Trinajstić information content (AvgIpc) is 2.38. The van der Waals surface area contributed by atoms with E-state index in [-0.39, 0.29) is 0 Å². The Morgan fingerprint density at radius 1 is 0.737 bits per heavy atom. The number of hydrogen-bond acceptors (Lipinski definition) is 1. The van der Waals surface area contributed by atoms with Crippen LogP contribution >= 0.6 is 34.8 Å². The van der Waals surface area contributed by atoms with Crippen molar-refractivity contribution in [1.29, 1.82) is 0 Å². The summed E-state index contributed by atoms with van der Waals surface area (Å²) in [6.07, 6.45) is 0. The van der Waals surface area contributed by atoms with E-state index in [0.29, 0.717) is 15.1 Å². The predicted octanol–water partition coefficient (Wildman–Crippen LogP) is 5.86. The number of rotatable bonds is 1. The highest BCUT2D eigenvalue weighted by molar-refractivity contribution is 6.36. The maximum Gasteiger partial charge on any atom is 0.0739 e. The molecule has 1 aromatic heterocycles. The molecule has 0 N–H and O–H groups in total. The molecule has 0 saturated heterocycles. The fourth-order valence-electron chi connectivity index (χ4n) is 1.93. The van der Waals surface area contributed by atoms with Gasteiger partial charge in [0.1, 0.15) is 0 Å². The molecule has 0 radical (unpaired) electrons. The van der Waals surface area contributed by atoms with Gasteiger partial charge in [-0.05, 0) is 36.4 Å². The summed E-state index contributed by atoms with van der Waals surface area (Å²) in [5.74, 6) is 0. The highest BCUT2D eigenvalue weighted by Gasteiger charge is 2.06. The number of pyridine rings is 1. The second-order valence-electron chi connectivity index (χ2n) is 4.16. The quantitative estimate of drug-likeness (QED) is 0.548. The number of halogens is 3. The van der Waals surface area contributed by atoms with Crippen LogP contribution in [0.25, 0.3) is 22.2 Å². The Balaban J connectivity index is 2.22. The normalized spacial score (nSPS) is 10.9. The summed E-state index contributed by atoms with van der Waals surface area (Å²) in [6.45, 7) is 0. The molecule has 3 aromatic rings. The van der Waals surface area contributed by atoms with Gasteiger partial charge in [-0.1, -0.05) is 46.9 Å². The highest BCUT2D eigenvalue weighted by atomic mass is 35.5. The van der Waals surface area contributed by atoms with Crippen LogP contribution in [-0.4, -0.2) is 4.98 Å². The third-order valence-corrected chi connectivity index (χ3v) is 3.66. The van der Waals surface area contributed by atoms with E-state index in [4.69, 9.17) is 34.8 Å². The lowest BCUT2D eigenvalue weighted by atomic mass is 10.1. The second-order valence-corrected chi connectivity index (χ2v) is 5.44. The molecule has 0 unspecified atom stereocenters. The van der Waals surface area contributed by atoms with Gasteiger partial charge in [-0.25, -0.2) is 4.98 Å². The van der Waals surface area contributed by atoms with Crippen molar-refractivity contribution >= 4 is 45.7 Å². The van der Waals surface area contributed by atoms with E-state index in [2.05, 4.69) is 4.98 Å². The maximum atomic E-state index is 6.29. The van der Waals surface area contributed by atoms with Crippen LogP contribution in [0.5, 0.6) is 0 Å². The monoisotopic (exact) mass is 307 g/mol. The number of benzene rings is 2. The molecule has 0 fully saturated rings. The summed E-state index contributed by atoms with van der Waals surface area (Å²) >= 11 is 18.2. The minimum absolute atomic E-state index is 0.643. The molecule has 0 aliphatic carbocycles. The number of nitrogens with zero attached hydrogens (tertiary/aromatic N) is 1. The smallest absolute Gasteiger partial charge is 0.0739 e. The van der Waals surface area contributed by atoms with E-state index < -0.39 is 0 Å². The summed E-state index contributed by atoms with van der Waals surface area (Å²) in [5, 5.41) is 2.89. The molecular formula is C15H8Cl3N. The second kappa shape index (κ2) is 5.01. The molecule has 0 atom stereocenters. The van der Waals surface area contributed by atoms with Gasteiger partial charge in [-0.3, -0.25) is 0 Å². The first-order valence-electron chi connectivity index (χ1n) is 5.65. The molecule has 0 saturated carbocycles. The standard InChI is InChI=1S/C15H8Cl3N/c16-10-3-1-9(2-4-10)14-8-13(18)12-6-5-11(17)7-15(12)19-14/h1-8H. The van der Waals surface area contributed by atoms with Crippen LogP contribution in [0.3, 0.4) is 0 Å². The molecule has 4 heteroatoms. The van der Waals surface area contributed by atoms with E-state index in [0.717, 1.165) is 22.2 Å². The predicted molar refractivity (Wildman–Crippen MR) is 82.2 cm³/mol. The largest absolute Gasteiger partial charge is 0.248 e. The molecular weight excluding hydrogens is 301 g/mol. The van der Waals surface area contributed by atoms with Gasteiger partial charge >= 0.3 is 0 Å². The Labute approximate surface area is 125 Å². The first-order chi connectivity index (χ1) is 9.13. The van der Waals surface area contributed by atoms with Crippen molar-refractivity contribution in [3.8, 4) is 11.3 Å². The molecule has 0 bridgehead atoms. The number of hydrogen-bond donors (Lipinski definition) is 0. The van der Waals surface area contributed by atoms with Crippen LogP contribution in [0.15, 0.2) is 48.5 Å². The number of fused-ring (bicyclic) bond motifs is 1. The molecule has 1 heterocycles. The van der Waals surface area contributed by atoms with Crippen molar-refractivity contribution in [2.24, 2.45) is 0 Å². The Morgan fingerprint density at radius 3 is 2.16 bits per heavy atom. The third kappa shape index (κ3) is 2.55. The van der Waals surface area contributed by atoms with Gasteiger partial charge in [0.25, 0.3) is 0 Å². The van der Waals surface area contributed by atoms with E-state index in [1.54, 1.807) is 6.07 Å². The third-order valence-electron chi connectivity index (χ3n) is 2.86. The first kappa shape index (κ1) is 12.7. The van der Waals surface area contributed by atoms with Crippen LogP contribution in [0, 0.1) is 0 Å². The van der Waals surface area contributed by atoms with Crippen molar-refractivity contribution in [1.82, 2.24) is 4.98 Å². The molecule has 94 valence electrons. The van der Waals surface area contributed by atoms with Crippen molar-refractivity contribution < 1.29 is 0 Å². The number of aromatic nitrogens is 1. The fourth-order valence-corrected chi connectivity index (χ4v) is 2.48. The van der Waals surface area contributed by atoms with E-state index >= 15 is 0 Å². The first-order valence-corrected chi connectivity index (χ1v) is 6.78. The van der Waals surface area contributed by atoms with Crippen LogP contribution in [0.2, 0.25) is 15.1 Å². The zero-order chi connectivity index (χ0) is 13.4. The van der Waals surface area contributed by atoms with Gasteiger partial charge in [0.15, 0.2) is 0 Å². The molecule has 19 heavy (non-hydrogen) atoms. The van der Waals surface area contributed by atoms with Crippen LogP contribution in [0.1, 0.15) is 0 Å². The highest BCUT2D eigenvalue weighted by Crippen LogP contribution is 2.30. The minimum atomic E-state index is 0.643. The zero-order valence-electron chi connectivity index (χ0n) is 9.70. The lowest BCUT2D eigenvalue weighted by molar-refractivity contribution is 1.40. The Kier molecular flexibility index (Phi) is 3.36. The Hall–Kier alpha value is -1.28. The van der Waals surface area contributed by atoms with Crippen LogP contribution in [-0.2, 0) is 0 Å². The Bertz CT molecular complexity index is 751. The summed E-state index contributed by atoms with van der Waals surface area (Å²) in [7, 11) is 0. The Morgan fingerprint density at radius 2 is 1.42 bits per heavy atom. The van der Waals surface area contributed by atoms with Gasteiger partial charge in [-0.2, -0.15) is 0 Å². The lowest BCUT2D eigenvalue weighted by Gasteiger charge is -2.06. The average molecular weight is 309 g/mol. The van der Waals surface area contributed by atoms with Gasteiger partial charge in [-0.15, -0.1) is 0 Å². The zero-order valence-corrected chi connectivity index (χ0v) is 12.0. The van der Waals surface area contributed by atoms with Gasteiger partial charge in [0.05, 0.1) is 16.2 Å². The summed E-state index contributed by atoms with van der Waals surface area (Å²) in [4.78, 5) is 4.58. The van der Waals surface area contributed by atoms with Crippen molar-refractivity contribution in [3.05, 3.63) is 63.6 Å². The molecule has 1 nitrogen and oxygen atoms in total. The van der Waals surface area contributed by atoms with Gasteiger partial charge < -0.3 is 0 Å². The molecule has 3 rings (SSSR count). The summed E-state index contributed by atoms with van der Waals surface area (Å²) in [6, 6.07) is 14.8. The molecule has 0 spiro atoms. The molecule has 0 amide bonds. The molecule has 0 aliphatic rings. The molecule has 2 aromatic carbocycles. The lowest BCUT2D eigenvalue weighted by Crippen LogP contribution is -1.86. The van der Waals surface area contributed by atoms with E-state index in [9.17, 15) is 0 Å². The summed E-state index contributed by atoms with van der Waals surface area (Å²) in [5.41, 5.74) is 2.55. The minimum Gasteiger partial charge on any atom is -0.248 e. The van der Waals surface area contributed by atoms with E-state index in [1.807, 2.05) is 42.5 Å².